The van der Waals surface area contributed by atoms with Gasteiger partial charge in [-0.2, -0.15) is 0 Å². The first-order valence-electron chi connectivity index (χ1n) is 7.77. The second-order valence-electron chi connectivity index (χ2n) is 6.71. The summed E-state index contributed by atoms with van der Waals surface area (Å²) in [6.07, 6.45) is 2.42. The van der Waals surface area contributed by atoms with Gasteiger partial charge in [-0.25, -0.2) is 9.48 Å². The van der Waals surface area contributed by atoms with Crippen molar-refractivity contribution in [3.05, 3.63) is 6.33 Å². The van der Waals surface area contributed by atoms with Crippen molar-refractivity contribution < 1.29 is 14.3 Å². The standard InChI is InChI=1S/C14H24N6O3/c1-10(20-9-15-17-18-20)12(21)19-7-5-11(6-8-19)16-13(22)23-14(2,3)4/h9-11H,5-8H2,1-4H3,(H,16,22). The van der Waals surface area contributed by atoms with Crippen molar-refractivity contribution in [3.63, 3.8) is 0 Å². The maximum absolute atomic E-state index is 12.4. The topological polar surface area (TPSA) is 102 Å². The quantitative estimate of drug-likeness (QED) is 0.880. The Morgan fingerprint density at radius 3 is 2.48 bits per heavy atom. The molecule has 0 radical (unpaired) electrons. The fraction of sp³-hybridized carbons (Fsp3) is 0.786. The molecule has 0 aliphatic carbocycles. The number of nitrogens with zero attached hydrogens (tertiary/aromatic N) is 5. The molecule has 1 aromatic rings. The van der Waals surface area contributed by atoms with Gasteiger partial charge in [0.1, 0.15) is 18.0 Å². The van der Waals surface area contributed by atoms with Gasteiger partial charge in [-0.3, -0.25) is 4.79 Å². The molecular formula is C14H24N6O3. The Bertz CT molecular complexity index is 531. The zero-order chi connectivity index (χ0) is 17.0. The number of aromatic nitrogens is 4. The van der Waals surface area contributed by atoms with Crippen LogP contribution in [0.2, 0.25) is 0 Å². The maximum Gasteiger partial charge on any atom is 0.407 e. The molecule has 1 aromatic heterocycles. The van der Waals surface area contributed by atoms with Crippen molar-refractivity contribution in [2.75, 3.05) is 13.1 Å². The Kier molecular flexibility index (Phi) is 5.17. The number of tetrazole rings is 1. The van der Waals surface area contributed by atoms with Crippen LogP contribution in [-0.2, 0) is 9.53 Å². The van der Waals surface area contributed by atoms with Crippen molar-refractivity contribution in [2.45, 2.75) is 58.2 Å². The predicted octanol–water partition coefficient (Wildman–Crippen LogP) is 0.750. The summed E-state index contributed by atoms with van der Waals surface area (Å²) in [6.45, 7) is 8.43. The molecule has 1 aliphatic heterocycles. The molecule has 9 nitrogen and oxygen atoms in total. The lowest BCUT2D eigenvalue weighted by Gasteiger charge is -2.34. The minimum absolute atomic E-state index is 0.0204. The van der Waals surface area contributed by atoms with Crippen LogP contribution in [-0.4, -0.2) is 61.8 Å². The number of ether oxygens (including phenoxy) is 1. The van der Waals surface area contributed by atoms with E-state index in [-0.39, 0.29) is 11.9 Å². The third-order valence-electron chi connectivity index (χ3n) is 3.65. The van der Waals surface area contributed by atoms with E-state index in [9.17, 15) is 9.59 Å². The van der Waals surface area contributed by atoms with Crippen LogP contribution in [0, 0.1) is 0 Å². The predicted molar refractivity (Wildman–Crippen MR) is 81.5 cm³/mol. The highest BCUT2D eigenvalue weighted by atomic mass is 16.6. The van der Waals surface area contributed by atoms with E-state index in [2.05, 4.69) is 20.8 Å². The average Bonchev–Trinajstić information content (AvgIpc) is 2.98. The number of nitrogens with one attached hydrogen (secondary N) is 1. The molecule has 1 fully saturated rings. The fourth-order valence-electron chi connectivity index (χ4n) is 2.44. The molecule has 23 heavy (non-hydrogen) atoms. The largest absolute Gasteiger partial charge is 0.444 e. The molecule has 2 amide bonds. The van der Waals surface area contributed by atoms with Crippen LogP contribution in [0.4, 0.5) is 4.79 Å². The number of alkyl carbamates (subject to hydrolysis) is 1. The molecule has 2 heterocycles. The van der Waals surface area contributed by atoms with E-state index in [1.807, 2.05) is 20.8 Å². The first-order valence-corrected chi connectivity index (χ1v) is 7.77. The van der Waals surface area contributed by atoms with E-state index in [0.717, 1.165) is 0 Å². The van der Waals surface area contributed by atoms with Crippen LogP contribution >= 0.6 is 0 Å². The number of hydrogen-bond acceptors (Lipinski definition) is 6. The maximum atomic E-state index is 12.4. The lowest BCUT2D eigenvalue weighted by Crippen LogP contribution is -2.48. The second-order valence-corrected chi connectivity index (χ2v) is 6.71. The van der Waals surface area contributed by atoms with Crippen molar-refractivity contribution >= 4 is 12.0 Å². The lowest BCUT2D eigenvalue weighted by molar-refractivity contribution is -0.135. The van der Waals surface area contributed by atoms with Crippen molar-refractivity contribution in [1.82, 2.24) is 30.4 Å². The molecule has 0 aromatic carbocycles. The third-order valence-corrected chi connectivity index (χ3v) is 3.65. The molecule has 1 N–H and O–H groups in total. The van der Waals surface area contributed by atoms with Gasteiger partial charge in [0, 0.05) is 19.1 Å². The van der Waals surface area contributed by atoms with Gasteiger partial charge >= 0.3 is 6.09 Å². The summed E-state index contributed by atoms with van der Waals surface area (Å²) in [7, 11) is 0. The molecular weight excluding hydrogens is 300 g/mol. The first-order chi connectivity index (χ1) is 10.8. The zero-order valence-electron chi connectivity index (χ0n) is 14.0. The Morgan fingerprint density at radius 1 is 1.30 bits per heavy atom. The summed E-state index contributed by atoms with van der Waals surface area (Å²) in [5, 5.41) is 13.7. The lowest BCUT2D eigenvalue weighted by atomic mass is 10.0. The van der Waals surface area contributed by atoms with E-state index < -0.39 is 17.7 Å². The van der Waals surface area contributed by atoms with Gasteiger partial charge in [-0.05, 0) is 51.0 Å². The number of rotatable bonds is 3. The molecule has 1 atom stereocenters. The van der Waals surface area contributed by atoms with E-state index in [0.29, 0.717) is 25.9 Å². The van der Waals surface area contributed by atoms with Gasteiger partial charge in [-0.1, -0.05) is 0 Å². The Morgan fingerprint density at radius 2 is 1.96 bits per heavy atom. The molecule has 1 aliphatic rings. The SMILES string of the molecule is CC(C(=O)N1CCC(NC(=O)OC(C)(C)C)CC1)n1cnnn1. The highest BCUT2D eigenvalue weighted by Crippen LogP contribution is 2.16. The number of carbonyl (C=O) groups is 2. The highest BCUT2D eigenvalue weighted by Gasteiger charge is 2.28. The van der Waals surface area contributed by atoms with E-state index in [1.165, 1.54) is 11.0 Å². The molecule has 0 saturated carbocycles. The number of amides is 2. The summed E-state index contributed by atoms with van der Waals surface area (Å²) < 4.78 is 6.68. The summed E-state index contributed by atoms with van der Waals surface area (Å²) >= 11 is 0. The monoisotopic (exact) mass is 324 g/mol. The molecule has 1 saturated heterocycles. The van der Waals surface area contributed by atoms with E-state index in [4.69, 9.17) is 4.74 Å². The summed E-state index contributed by atoms with van der Waals surface area (Å²) in [4.78, 5) is 26.0. The van der Waals surface area contributed by atoms with E-state index >= 15 is 0 Å². The van der Waals surface area contributed by atoms with Crippen molar-refractivity contribution in [3.8, 4) is 0 Å². The van der Waals surface area contributed by atoms with Gasteiger partial charge in [0.2, 0.25) is 5.91 Å². The summed E-state index contributed by atoms with van der Waals surface area (Å²) in [5.74, 6) is -0.0204. The summed E-state index contributed by atoms with van der Waals surface area (Å²) in [6, 6.07) is -0.405. The highest BCUT2D eigenvalue weighted by molar-refractivity contribution is 5.80. The molecule has 128 valence electrons. The molecule has 9 heteroatoms. The van der Waals surface area contributed by atoms with Crippen LogP contribution in [0.1, 0.15) is 46.6 Å². The van der Waals surface area contributed by atoms with Crippen molar-refractivity contribution in [1.29, 1.82) is 0 Å². The fourth-order valence-corrected chi connectivity index (χ4v) is 2.44. The average molecular weight is 324 g/mol. The minimum Gasteiger partial charge on any atom is -0.444 e. The second kappa shape index (κ2) is 6.93. The number of carbonyl (C=O) groups excluding carboxylic acids is 2. The van der Waals surface area contributed by atoms with Gasteiger partial charge in [0.15, 0.2) is 0 Å². The number of likely N-dealkylation sites (tertiary alicyclic amines) is 1. The van der Waals surface area contributed by atoms with Crippen LogP contribution < -0.4 is 5.32 Å². The van der Waals surface area contributed by atoms with Crippen LogP contribution in [0.3, 0.4) is 0 Å². The van der Waals surface area contributed by atoms with Crippen LogP contribution in [0.25, 0.3) is 0 Å². The van der Waals surface area contributed by atoms with Crippen molar-refractivity contribution in [2.24, 2.45) is 0 Å². The number of piperidine rings is 1. The molecule has 2 rings (SSSR count). The van der Waals surface area contributed by atoms with Gasteiger partial charge in [0.05, 0.1) is 0 Å². The number of hydrogen-bond donors (Lipinski definition) is 1. The molecule has 0 spiro atoms. The Hall–Kier alpha value is -2.19. The Labute approximate surface area is 135 Å². The van der Waals surface area contributed by atoms with Gasteiger partial charge < -0.3 is 15.0 Å². The van der Waals surface area contributed by atoms with Crippen LogP contribution in [0.15, 0.2) is 6.33 Å². The third kappa shape index (κ3) is 4.90. The Balaban J connectivity index is 1.79. The first kappa shape index (κ1) is 17.2. The minimum atomic E-state index is -0.512. The zero-order valence-corrected chi connectivity index (χ0v) is 14.0. The van der Waals surface area contributed by atoms with Crippen LogP contribution in [0.5, 0.6) is 0 Å². The summed E-state index contributed by atoms with van der Waals surface area (Å²) in [5.41, 5.74) is -0.512. The molecule has 0 bridgehead atoms. The molecule has 1 unspecified atom stereocenters. The smallest absolute Gasteiger partial charge is 0.407 e. The normalized spacial score (nSPS) is 17.7. The van der Waals surface area contributed by atoms with Gasteiger partial charge in [-0.15, -0.1) is 5.10 Å². The van der Waals surface area contributed by atoms with Gasteiger partial charge in [0.25, 0.3) is 0 Å². The van der Waals surface area contributed by atoms with E-state index in [1.54, 1.807) is 11.8 Å².